The maximum absolute atomic E-state index is 12.7. The van der Waals surface area contributed by atoms with Crippen molar-refractivity contribution in [2.24, 2.45) is 0 Å². The molecule has 0 spiro atoms. The smallest absolute Gasteiger partial charge is 0.348 e. The number of benzene rings is 1. The normalized spacial score (nSPS) is 10.2. The molecule has 0 atom stereocenters. The lowest BCUT2D eigenvalue weighted by Gasteiger charge is -2.08. The number of hydrogen-bond donors (Lipinski definition) is 2. The predicted octanol–water partition coefficient (Wildman–Crippen LogP) is 3.32. The summed E-state index contributed by atoms with van der Waals surface area (Å²) in [6.45, 7) is 4.14. The van der Waals surface area contributed by atoms with Crippen molar-refractivity contribution in [2.75, 3.05) is 37.5 Å². The Morgan fingerprint density at radius 3 is 2.70 bits per heavy atom. The zero-order chi connectivity index (χ0) is 22.3. The fourth-order valence-electron chi connectivity index (χ4n) is 2.56. The minimum Gasteiger partial charge on any atom is -0.462 e. The molecule has 0 aliphatic heterocycles. The van der Waals surface area contributed by atoms with Crippen LogP contribution in [0.15, 0.2) is 18.2 Å². The molecule has 0 radical (unpaired) electrons. The second-order valence-corrected chi connectivity index (χ2v) is 6.98. The predicted molar refractivity (Wildman–Crippen MR) is 111 cm³/mol. The van der Waals surface area contributed by atoms with Gasteiger partial charge in [0.25, 0.3) is 11.6 Å². The Hall–Kier alpha value is -3.49. The highest BCUT2D eigenvalue weighted by Crippen LogP contribution is 2.34. The van der Waals surface area contributed by atoms with E-state index in [9.17, 15) is 25.0 Å². The van der Waals surface area contributed by atoms with Gasteiger partial charge in [-0.3, -0.25) is 14.9 Å². The molecule has 0 saturated heterocycles. The Morgan fingerprint density at radius 2 is 2.10 bits per heavy atom. The number of nitro groups is 1. The number of amides is 1. The maximum Gasteiger partial charge on any atom is 0.348 e. The van der Waals surface area contributed by atoms with E-state index < -0.39 is 16.8 Å². The molecule has 11 heteroatoms. The van der Waals surface area contributed by atoms with E-state index in [-0.39, 0.29) is 39.0 Å². The molecule has 0 saturated carbocycles. The first-order valence-electron chi connectivity index (χ1n) is 8.87. The largest absolute Gasteiger partial charge is 0.462 e. The monoisotopic (exact) mass is 432 g/mol. The molecule has 1 aromatic heterocycles. The topological polar surface area (TPSA) is 144 Å². The van der Waals surface area contributed by atoms with E-state index in [0.29, 0.717) is 18.7 Å². The molecule has 0 bridgehead atoms. The number of hydrogen-bond acceptors (Lipinski definition) is 9. The van der Waals surface area contributed by atoms with Crippen LogP contribution in [0.3, 0.4) is 0 Å². The van der Waals surface area contributed by atoms with Crippen molar-refractivity contribution in [1.29, 1.82) is 5.26 Å². The number of methoxy groups -OCH3 is 1. The van der Waals surface area contributed by atoms with Gasteiger partial charge in [0, 0.05) is 25.3 Å². The van der Waals surface area contributed by atoms with E-state index in [1.807, 2.05) is 6.07 Å². The first kappa shape index (κ1) is 22.8. The number of carbonyl (C=O) groups is 2. The third-order valence-corrected chi connectivity index (χ3v) is 5.21. The molecule has 30 heavy (non-hydrogen) atoms. The Morgan fingerprint density at radius 1 is 1.37 bits per heavy atom. The van der Waals surface area contributed by atoms with Crippen LogP contribution in [0.2, 0.25) is 0 Å². The fraction of sp³-hybridized carbons (Fsp3) is 0.316. The summed E-state index contributed by atoms with van der Waals surface area (Å²) in [4.78, 5) is 35.7. The second-order valence-electron chi connectivity index (χ2n) is 5.96. The lowest BCUT2D eigenvalue weighted by Crippen LogP contribution is -2.13. The van der Waals surface area contributed by atoms with Crippen molar-refractivity contribution in [3.05, 3.63) is 49.9 Å². The Bertz CT molecular complexity index is 1010. The first-order valence-corrected chi connectivity index (χ1v) is 9.68. The van der Waals surface area contributed by atoms with Gasteiger partial charge < -0.3 is 20.1 Å². The van der Waals surface area contributed by atoms with Gasteiger partial charge in [0.05, 0.1) is 23.7 Å². The third kappa shape index (κ3) is 5.11. The number of nitriles is 1. The Labute approximate surface area is 176 Å². The number of rotatable bonds is 9. The Balaban J connectivity index is 2.31. The van der Waals surface area contributed by atoms with Crippen molar-refractivity contribution in [2.45, 2.75) is 13.8 Å². The average molecular weight is 432 g/mol. The highest BCUT2D eigenvalue weighted by molar-refractivity contribution is 7.18. The Kier molecular flexibility index (Phi) is 7.85. The second kappa shape index (κ2) is 10.3. The van der Waals surface area contributed by atoms with Crippen LogP contribution in [0.1, 0.15) is 38.1 Å². The summed E-state index contributed by atoms with van der Waals surface area (Å²) in [5, 5.41) is 26.4. The summed E-state index contributed by atoms with van der Waals surface area (Å²) in [6, 6.07) is 5.96. The molecule has 1 amide bonds. The molecule has 10 nitrogen and oxygen atoms in total. The van der Waals surface area contributed by atoms with Gasteiger partial charge in [-0.1, -0.05) is 0 Å². The minimum atomic E-state index is -0.644. The first-order chi connectivity index (χ1) is 14.3. The van der Waals surface area contributed by atoms with E-state index in [2.05, 4.69) is 10.6 Å². The zero-order valence-electron chi connectivity index (χ0n) is 16.6. The maximum atomic E-state index is 12.7. The summed E-state index contributed by atoms with van der Waals surface area (Å²) in [5.41, 5.74) is 0.562. The lowest BCUT2D eigenvalue weighted by molar-refractivity contribution is -0.384. The molecule has 0 aliphatic carbocycles. The summed E-state index contributed by atoms with van der Waals surface area (Å²) in [5.74, 6) is -1.23. The quantitative estimate of drug-likeness (QED) is 0.266. The number of anilines is 2. The van der Waals surface area contributed by atoms with Gasteiger partial charge >= 0.3 is 5.97 Å². The summed E-state index contributed by atoms with van der Waals surface area (Å²) in [6.07, 6.45) is 0. The van der Waals surface area contributed by atoms with E-state index >= 15 is 0 Å². The summed E-state index contributed by atoms with van der Waals surface area (Å²) < 4.78 is 9.87. The van der Waals surface area contributed by atoms with Crippen LogP contribution in [0, 0.1) is 28.4 Å². The van der Waals surface area contributed by atoms with Crippen molar-refractivity contribution >= 4 is 39.6 Å². The highest BCUT2D eigenvalue weighted by atomic mass is 32.1. The van der Waals surface area contributed by atoms with Gasteiger partial charge in [-0.05, 0) is 31.5 Å². The number of nitrogens with zero attached hydrogens (tertiary/aromatic N) is 2. The van der Waals surface area contributed by atoms with E-state index in [4.69, 9.17) is 9.47 Å². The number of nitrogens with one attached hydrogen (secondary N) is 2. The van der Waals surface area contributed by atoms with E-state index in [1.54, 1.807) is 13.8 Å². The molecule has 0 fully saturated rings. The van der Waals surface area contributed by atoms with Crippen LogP contribution < -0.4 is 10.6 Å². The van der Waals surface area contributed by atoms with Gasteiger partial charge in [0.2, 0.25) is 0 Å². The van der Waals surface area contributed by atoms with Gasteiger partial charge in [-0.2, -0.15) is 5.26 Å². The van der Waals surface area contributed by atoms with Crippen LogP contribution in [-0.2, 0) is 9.47 Å². The number of esters is 1. The SMILES string of the molecule is CCOC(=O)c1sc(NC(=O)c2ccc(NCCOC)c([N+](=O)[O-])c2)c(C#N)c1C. The van der Waals surface area contributed by atoms with Crippen LogP contribution in [0.25, 0.3) is 0 Å². The summed E-state index contributed by atoms with van der Waals surface area (Å²) >= 11 is 0.920. The van der Waals surface area contributed by atoms with Gasteiger partial charge in [-0.25, -0.2) is 4.79 Å². The van der Waals surface area contributed by atoms with Crippen LogP contribution in [-0.4, -0.2) is 43.7 Å². The van der Waals surface area contributed by atoms with Crippen molar-refractivity contribution in [3.8, 4) is 6.07 Å². The lowest BCUT2D eigenvalue weighted by atomic mass is 10.1. The number of thiophene rings is 1. The van der Waals surface area contributed by atoms with Crippen molar-refractivity contribution in [1.82, 2.24) is 0 Å². The van der Waals surface area contributed by atoms with E-state index in [1.165, 1.54) is 19.2 Å². The average Bonchev–Trinajstić information content (AvgIpc) is 3.03. The molecule has 2 N–H and O–H groups in total. The van der Waals surface area contributed by atoms with E-state index in [0.717, 1.165) is 17.4 Å². The standard InChI is InChI=1S/C19H20N4O6S/c1-4-29-19(25)16-11(2)13(10-20)18(30-16)22-17(24)12-5-6-14(21-7-8-28-3)15(9-12)23(26)27/h5-6,9,21H,4,7-8H2,1-3H3,(H,22,24). The third-order valence-electron chi connectivity index (χ3n) is 4.02. The minimum absolute atomic E-state index is 0.0339. The molecule has 0 aliphatic rings. The van der Waals surface area contributed by atoms with Crippen LogP contribution in [0.4, 0.5) is 16.4 Å². The number of nitro benzene ring substituents is 1. The van der Waals surface area contributed by atoms with Crippen LogP contribution in [0.5, 0.6) is 0 Å². The summed E-state index contributed by atoms with van der Waals surface area (Å²) in [7, 11) is 1.51. The fourth-order valence-corrected chi connectivity index (χ4v) is 3.61. The number of carbonyl (C=O) groups excluding carboxylic acids is 2. The highest BCUT2D eigenvalue weighted by Gasteiger charge is 2.23. The zero-order valence-corrected chi connectivity index (χ0v) is 17.4. The molecule has 158 valence electrons. The molecule has 2 rings (SSSR count). The van der Waals surface area contributed by atoms with Crippen molar-refractivity contribution < 1.29 is 24.0 Å². The van der Waals surface area contributed by atoms with Crippen LogP contribution >= 0.6 is 11.3 Å². The van der Waals surface area contributed by atoms with Gasteiger partial charge in [0.1, 0.15) is 21.6 Å². The molecular weight excluding hydrogens is 412 g/mol. The van der Waals surface area contributed by atoms with Gasteiger partial charge in [-0.15, -0.1) is 11.3 Å². The molecule has 2 aromatic rings. The molecule has 1 aromatic carbocycles. The molecular formula is C19H20N4O6S. The van der Waals surface area contributed by atoms with Crippen molar-refractivity contribution in [3.63, 3.8) is 0 Å². The molecule has 0 unspecified atom stereocenters. The molecule has 1 heterocycles. The van der Waals surface area contributed by atoms with Gasteiger partial charge in [0.15, 0.2) is 0 Å². The number of ether oxygens (including phenoxy) is 2.